The number of aromatic nitrogens is 1. The number of anilines is 1. The number of benzene rings is 1. The van der Waals surface area contributed by atoms with Crippen molar-refractivity contribution in [2.45, 2.75) is 13.5 Å². The quantitative estimate of drug-likeness (QED) is 0.854. The lowest BCUT2D eigenvalue weighted by Crippen LogP contribution is -2.36. The standard InChI is InChI=1S/C18H19N3O/c1-13-2-3-16-15(10-13)12-20-18(16)14-4-5-19-17(11-14)21-6-8-22-9-7-21/h2-5,10-11H,6-9,12H2,1H3. The highest BCUT2D eigenvalue weighted by atomic mass is 16.5. The maximum absolute atomic E-state index is 5.42. The topological polar surface area (TPSA) is 37.7 Å². The number of hydrogen-bond donors (Lipinski definition) is 0. The summed E-state index contributed by atoms with van der Waals surface area (Å²) in [6, 6.07) is 10.8. The molecule has 2 aromatic rings. The first kappa shape index (κ1) is 13.5. The average Bonchev–Trinajstić information content (AvgIpc) is 2.99. The fourth-order valence-corrected chi connectivity index (χ4v) is 3.11. The second-order valence-corrected chi connectivity index (χ2v) is 5.83. The van der Waals surface area contributed by atoms with Crippen LogP contribution in [0.2, 0.25) is 0 Å². The molecule has 22 heavy (non-hydrogen) atoms. The largest absolute Gasteiger partial charge is 0.378 e. The minimum atomic E-state index is 0.773. The molecule has 0 aliphatic carbocycles. The van der Waals surface area contributed by atoms with E-state index in [1.54, 1.807) is 0 Å². The van der Waals surface area contributed by atoms with Gasteiger partial charge in [-0.2, -0.15) is 0 Å². The minimum absolute atomic E-state index is 0.773. The Kier molecular flexibility index (Phi) is 3.39. The molecule has 4 nitrogen and oxygen atoms in total. The summed E-state index contributed by atoms with van der Waals surface area (Å²) in [6.45, 7) is 6.25. The molecule has 1 fully saturated rings. The van der Waals surface area contributed by atoms with Crippen molar-refractivity contribution in [2.24, 2.45) is 4.99 Å². The van der Waals surface area contributed by atoms with Crippen LogP contribution in [-0.2, 0) is 11.3 Å². The number of fused-ring (bicyclic) bond motifs is 1. The lowest BCUT2D eigenvalue weighted by molar-refractivity contribution is 0.122. The summed E-state index contributed by atoms with van der Waals surface area (Å²) in [5.74, 6) is 1.02. The predicted octanol–water partition coefficient (Wildman–Crippen LogP) is 2.58. The number of hydrogen-bond acceptors (Lipinski definition) is 4. The molecule has 0 unspecified atom stereocenters. The van der Waals surface area contributed by atoms with Gasteiger partial charge in [-0.15, -0.1) is 0 Å². The summed E-state index contributed by atoms with van der Waals surface area (Å²) in [7, 11) is 0. The fraction of sp³-hybridized carbons (Fsp3) is 0.333. The first-order valence-corrected chi connectivity index (χ1v) is 7.75. The van der Waals surface area contributed by atoms with E-state index in [-0.39, 0.29) is 0 Å². The fourth-order valence-electron chi connectivity index (χ4n) is 3.11. The summed E-state index contributed by atoms with van der Waals surface area (Å²) in [5, 5.41) is 0. The van der Waals surface area contributed by atoms with Crippen LogP contribution in [-0.4, -0.2) is 37.0 Å². The molecule has 3 heterocycles. The van der Waals surface area contributed by atoms with Gasteiger partial charge >= 0.3 is 0 Å². The molecule has 0 spiro atoms. The number of ether oxygens (including phenoxy) is 1. The van der Waals surface area contributed by atoms with Crippen molar-refractivity contribution in [3.05, 3.63) is 58.8 Å². The van der Waals surface area contributed by atoms with E-state index in [4.69, 9.17) is 9.73 Å². The number of morpholine rings is 1. The third kappa shape index (κ3) is 2.40. The third-order valence-electron chi connectivity index (χ3n) is 4.28. The predicted molar refractivity (Wildman–Crippen MR) is 87.8 cm³/mol. The van der Waals surface area contributed by atoms with Crippen LogP contribution in [0.3, 0.4) is 0 Å². The molecular formula is C18H19N3O. The summed E-state index contributed by atoms with van der Waals surface area (Å²) in [5.41, 5.74) is 6.11. The Bertz CT molecular complexity index is 733. The maximum Gasteiger partial charge on any atom is 0.129 e. The van der Waals surface area contributed by atoms with E-state index in [2.05, 4.69) is 47.1 Å². The third-order valence-corrected chi connectivity index (χ3v) is 4.28. The van der Waals surface area contributed by atoms with Crippen LogP contribution in [0.5, 0.6) is 0 Å². The zero-order valence-corrected chi connectivity index (χ0v) is 12.7. The number of aryl methyl sites for hydroxylation is 1. The Morgan fingerprint density at radius 1 is 1.09 bits per heavy atom. The van der Waals surface area contributed by atoms with E-state index in [0.717, 1.165) is 49.9 Å². The highest BCUT2D eigenvalue weighted by molar-refractivity contribution is 6.15. The Morgan fingerprint density at radius 3 is 2.82 bits per heavy atom. The zero-order valence-electron chi connectivity index (χ0n) is 12.7. The monoisotopic (exact) mass is 293 g/mol. The van der Waals surface area contributed by atoms with Crippen LogP contribution in [0.4, 0.5) is 5.82 Å². The van der Waals surface area contributed by atoms with Crippen molar-refractivity contribution in [2.75, 3.05) is 31.2 Å². The van der Waals surface area contributed by atoms with Gasteiger partial charge in [0.15, 0.2) is 0 Å². The highest BCUT2D eigenvalue weighted by Gasteiger charge is 2.19. The van der Waals surface area contributed by atoms with Crippen LogP contribution in [0.1, 0.15) is 22.3 Å². The minimum Gasteiger partial charge on any atom is -0.378 e. The van der Waals surface area contributed by atoms with E-state index < -0.39 is 0 Å². The van der Waals surface area contributed by atoms with Crippen molar-refractivity contribution in [3.63, 3.8) is 0 Å². The molecule has 2 aliphatic rings. The van der Waals surface area contributed by atoms with E-state index in [9.17, 15) is 0 Å². The number of aliphatic imine (C=N–C) groups is 1. The van der Waals surface area contributed by atoms with E-state index in [1.807, 2.05) is 6.20 Å². The zero-order chi connectivity index (χ0) is 14.9. The van der Waals surface area contributed by atoms with Gasteiger partial charge in [-0.1, -0.05) is 23.8 Å². The van der Waals surface area contributed by atoms with Gasteiger partial charge in [0.25, 0.3) is 0 Å². The van der Waals surface area contributed by atoms with Crippen molar-refractivity contribution < 1.29 is 4.74 Å². The molecule has 0 amide bonds. The molecule has 0 atom stereocenters. The lowest BCUT2D eigenvalue weighted by atomic mass is 9.99. The second kappa shape index (κ2) is 5.54. The molecule has 1 aromatic heterocycles. The molecule has 4 heteroatoms. The van der Waals surface area contributed by atoms with Crippen LogP contribution < -0.4 is 4.90 Å². The highest BCUT2D eigenvalue weighted by Crippen LogP contribution is 2.25. The van der Waals surface area contributed by atoms with Gasteiger partial charge in [0.05, 0.1) is 25.5 Å². The van der Waals surface area contributed by atoms with Crippen molar-refractivity contribution in [3.8, 4) is 0 Å². The van der Waals surface area contributed by atoms with Gasteiger partial charge in [0.2, 0.25) is 0 Å². The SMILES string of the molecule is Cc1ccc2c(c1)CN=C2c1ccnc(N2CCOCC2)c1. The Morgan fingerprint density at radius 2 is 1.95 bits per heavy atom. The molecule has 1 aromatic carbocycles. The Hall–Kier alpha value is -2.20. The van der Waals surface area contributed by atoms with Gasteiger partial charge in [0, 0.05) is 30.4 Å². The number of nitrogens with zero attached hydrogens (tertiary/aromatic N) is 3. The molecular weight excluding hydrogens is 274 g/mol. The smallest absolute Gasteiger partial charge is 0.129 e. The lowest BCUT2D eigenvalue weighted by Gasteiger charge is -2.28. The van der Waals surface area contributed by atoms with Crippen molar-refractivity contribution in [1.29, 1.82) is 0 Å². The molecule has 0 N–H and O–H groups in total. The summed E-state index contributed by atoms with van der Waals surface area (Å²) < 4.78 is 5.42. The number of rotatable bonds is 2. The van der Waals surface area contributed by atoms with Gasteiger partial charge in [-0.05, 0) is 24.6 Å². The van der Waals surface area contributed by atoms with Crippen molar-refractivity contribution >= 4 is 11.5 Å². The first-order chi connectivity index (χ1) is 10.8. The van der Waals surface area contributed by atoms with Crippen LogP contribution >= 0.6 is 0 Å². The van der Waals surface area contributed by atoms with Gasteiger partial charge < -0.3 is 9.64 Å². The second-order valence-electron chi connectivity index (χ2n) is 5.83. The van der Waals surface area contributed by atoms with E-state index in [0.29, 0.717) is 0 Å². The van der Waals surface area contributed by atoms with Crippen LogP contribution in [0.15, 0.2) is 41.5 Å². The van der Waals surface area contributed by atoms with Crippen LogP contribution in [0, 0.1) is 6.92 Å². The van der Waals surface area contributed by atoms with Gasteiger partial charge in [0.1, 0.15) is 5.82 Å². The Labute approximate surface area is 130 Å². The normalized spacial score (nSPS) is 17.3. The summed E-state index contributed by atoms with van der Waals surface area (Å²) >= 11 is 0. The molecule has 1 saturated heterocycles. The molecule has 0 bridgehead atoms. The molecule has 0 radical (unpaired) electrons. The average molecular weight is 293 g/mol. The number of pyridine rings is 1. The summed E-state index contributed by atoms with van der Waals surface area (Å²) in [4.78, 5) is 11.5. The van der Waals surface area contributed by atoms with Crippen LogP contribution in [0.25, 0.3) is 0 Å². The van der Waals surface area contributed by atoms with Gasteiger partial charge in [-0.3, -0.25) is 4.99 Å². The van der Waals surface area contributed by atoms with E-state index in [1.165, 1.54) is 16.7 Å². The van der Waals surface area contributed by atoms with Gasteiger partial charge in [-0.25, -0.2) is 4.98 Å². The van der Waals surface area contributed by atoms with E-state index >= 15 is 0 Å². The molecule has 112 valence electrons. The molecule has 4 rings (SSSR count). The maximum atomic E-state index is 5.42. The Balaban J connectivity index is 1.67. The molecule has 2 aliphatic heterocycles. The summed E-state index contributed by atoms with van der Waals surface area (Å²) in [6.07, 6.45) is 1.88. The van der Waals surface area contributed by atoms with Crippen molar-refractivity contribution in [1.82, 2.24) is 4.98 Å². The molecule has 0 saturated carbocycles. The first-order valence-electron chi connectivity index (χ1n) is 7.75.